The normalized spacial score (nSPS) is 11.5. The van der Waals surface area contributed by atoms with Gasteiger partial charge in [0, 0.05) is 41.8 Å². The number of benzene rings is 1. The summed E-state index contributed by atoms with van der Waals surface area (Å²) in [5.74, 6) is -0.205. The highest BCUT2D eigenvalue weighted by molar-refractivity contribution is 6.04. The molecule has 0 aliphatic heterocycles. The van der Waals surface area contributed by atoms with Gasteiger partial charge >= 0.3 is 0 Å². The van der Waals surface area contributed by atoms with Crippen molar-refractivity contribution in [3.63, 3.8) is 0 Å². The summed E-state index contributed by atoms with van der Waals surface area (Å²) in [7, 11) is 0. The third-order valence-electron chi connectivity index (χ3n) is 4.55. The Morgan fingerprint density at radius 3 is 2.37 bits per heavy atom. The molecule has 0 atom stereocenters. The van der Waals surface area contributed by atoms with Crippen LogP contribution in [0.5, 0.6) is 0 Å². The van der Waals surface area contributed by atoms with E-state index in [1.54, 1.807) is 65.8 Å². The molecule has 4 aromatic rings. The van der Waals surface area contributed by atoms with Crippen molar-refractivity contribution in [1.29, 1.82) is 0 Å². The zero-order chi connectivity index (χ0) is 21.3. The number of anilines is 1. The Morgan fingerprint density at radius 1 is 1.03 bits per heavy atom. The second-order valence-corrected chi connectivity index (χ2v) is 7.84. The predicted molar refractivity (Wildman–Crippen MR) is 112 cm³/mol. The van der Waals surface area contributed by atoms with Crippen molar-refractivity contribution in [2.45, 2.75) is 26.2 Å². The van der Waals surface area contributed by atoms with Crippen molar-refractivity contribution in [3.05, 3.63) is 84.3 Å². The highest BCUT2D eigenvalue weighted by Gasteiger charge is 2.23. The number of rotatable bonds is 4. The van der Waals surface area contributed by atoms with E-state index in [4.69, 9.17) is 0 Å². The topological polar surface area (TPSA) is 77.6 Å². The molecule has 1 amide bonds. The molecule has 0 unspecified atom stereocenters. The van der Waals surface area contributed by atoms with E-state index in [1.165, 1.54) is 10.7 Å². The van der Waals surface area contributed by atoms with Gasteiger partial charge < -0.3 is 9.88 Å². The van der Waals surface area contributed by atoms with Crippen LogP contribution in [0.25, 0.3) is 11.6 Å². The van der Waals surface area contributed by atoms with Crippen molar-refractivity contribution in [2.24, 2.45) is 0 Å². The largest absolute Gasteiger partial charge is 0.321 e. The molecule has 152 valence electrons. The summed E-state index contributed by atoms with van der Waals surface area (Å²) in [4.78, 5) is 21.3. The minimum absolute atomic E-state index is 0.197. The third kappa shape index (κ3) is 3.84. The second kappa shape index (κ2) is 7.55. The minimum atomic E-state index is -0.492. The molecule has 0 spiro atoms. The zero-order valence-corrected chi connectivity index (χ0v) is 16.9. The van der Waals surface area contributed by atoms with Gasteiger partial charge in [-0.05, 0) is 36.4 Å². The maximum absolute atomic E-state index is 14.6. The molecular formula is C22H21FN6O. The lowest BCUT2D eigenvalue weighted by Gasteiger charge is -2.13. The molecule has 0 saturated heterocycles. The number of hydrogen-bond acceptors (Lipinski definition) is 4. The van der Waals surface area contributed by atoms with Gasteiger partial charge in [0.25, 0.3) is 11.9 Å². The van der Waals surface area contributed by atoms with Gasteiger partial charge in [-0.1, -0.05) is 20.8 Å². The number of halogens is 1. The number of nitrogens with zero attached hydrogens (tertiary/aromatic N) is 5. The average Bonchev–Trinajstić information content (AvgIpc) is 3.38. The Balaban J connectivity index is 1.66. The second-order valence-electron chi connectivity index (χ2n) is 7.84. The molecule has 1 aromatic carbocycles. The lowest BCUT2D eigenvalue weighted by Crippen LogP contribution is -2.16. The molecule has 30 heavy (non-hydrogen) atoms. The molecule has 0 radical (unpaired) electrons. The van der Waals surface area contributed by atoms with Crippen molar-refractivity contribution in [1.82, 2.24) is 24.3 Å². The number of hydrogen-bond donors (Lipinski definition) is 1. The van der Waals surface area contributed by atoms with Crippen molar-refractivity contribution < 1.29 is 9.18 Å². The van der Waals surface area contributed by atoms with Gasteiger partial charge in [-0.2, -0.15) is 9.78 Å². The Morgan fingerprint density at radius 2 is 1.73 bits per heavy atom. The molecule has 7 nitrogen and oxygen atoms in total. The van der Waals surface area contributed by atoms with Crippen LogP contribution in [0, 0.1) is 5.82 Å². The van der Waals surface area contributed by atoms with Gasteiger partial charge in [0.05, 0.1) is 11.4 Å². The quantitative estimate of drug-likeness (QED) is 0.555. The highest BCUT2D eigenvalue weighted by Crippen LogP contribution is 2.26. The lowest BCUT2D eigenvalue weighted by atomic mass is 9.92. The smallest absolute Gasteiger partial charge is 0.256 e. The zero-order valence-electron chi connectivity index (χ0n) is 16.9. The van der Waals surface area contributed by atoms with Gasteiger partial charge in [-0.3, -0.25) is 4.79 Å². The lowest BCUT2D eigenvalue weighted by molar-refractivity contribution is 0.102. The van der Waals surface area contributed by atoms with Crippen LogP contribution in [0.4, 0.5) is 10.2 Å². The Kier molecular flexibility index (Phi) is 4.91. The fraction of sp³-hybridized carbons (Fsp3) is 0.182. The van der Waals surface area contributed by atoms with Crippen LogP contribution in [0.2, 0.25) is 0 Å². The fourth-order valence-corrected chi connectivity index (χ4v) is 2.93. The van der Waals surface area contributed by atoms with Crippen molar-refractivity contribution >= 4 is 11.7 Å². The van der Waals surface area contributed by atoms with E-state index in [0.717, 1.165) is 5.69 Å². The predicted octanol–water partition coefficient (Wildman–Crippen LogP) is 4.14. The Labute approximate surface area is 173 Å². The van der Waals surface area contributed by atoms with E-state index in [9.17, 15) is 9.18 Å². The molecule has 0 fully saturated rings. The molecule has 8 heteroatoms. The first kappa shape index (κ1) is 19.5. The standard InChI is InChI=1S/C22H21FN6O/c1-22(2,3)18-14-19(29(27-18)21-24-9-6-10-25-21)26-20(30)15-7-8-17(16(23)13-15)28-11-4-5-12-28/h4-14H,1-3H3,(H,26,30). The number of carbonyl (C=O) groups excluding carboxylic acids is 1. The first-order valence-electron chi connectivity index (χ1n) is 9.45. The number of carbonyl (C=O) groups is 1. The van der Waals surface area contributed by atoms with Crippen LogP contribution in [0.1, 0.15) is 36.8 Å². The Bertz CT molecular complexity index is 1180. The van der Waals surface area contributed by atoms with Crippen LogP contribution in [-0.4, -0.2) is 30.2 Å². The summed E-state index contributed by atoms with van der Waals surface area (Å²) in [6.45, 7) is 6.06. The van der Waals surface area contributed by atoms with E-state index in [0.29, 0.717) is 17.5 Å². The van der Waals surface area contributed by atoms with E-state index in [-0.39, 0.29) is 11.0 Å². The first-order chi connectivity index (χ1) is 14.3. The summed E-state index contributed by atoms with van der Waals surface area (Å²) < 4.78 is 17.7. The molecule has 0 aliphatic rings. The summed E-state index contributed by atoms with van der Waals surface area (Å²) in [5.41, 5.74) is 1.08. The minimum Gasteiger partial charge on any atom is -0.321 e. The van der Waals surface area contributed by atoms with Crippen LogP contribution in [0.15, 0.2) is 67.3 Å². The highest BCUT2D eigenvalue weighted by atomic mass is 19.1. The number of aromatic nitrogens is 5. The van der Waals surface area contributed by atoms with Gasteiger partial charge in [0.15, 0.2) is 0 Å². The first-order valence-corrected chi connectivity index (χ1v) is 9.45. The van der Waals surface area contributed by atoms with Crippen LogP contribution in [-0.2, 0) is 5.41 Å². The van der Waals surface area contributed by atoms with Gasteiger partial charge in [0.1, 0.15) is 11.6 Å². The fourth-order valence-electron chi connectivity index (χ4n) is 2.93. The Hall–Kier alpha value is -3.81. The van der Waals surface area contributed by atoms with E-state index < -0.39 is 11.7 Å². The van der Waals surface area contributed by atoms with E-state index in [1.807, 2.05) is 20.8 Å². The van der Waals surface area contributed by atoms with Gasteiger partial charge in [-0.15, -0.1) is 0 Å². The third-order valence-corrected chi connectivity index (χ3v) is 4.55. The average molecular weight is 404 g/mol. The molecule has 3 aromatic heterocycles. The molecule has 0 bridgehead atoms. The van der Waals surface area contributed by atoms with E-state index >= 15 is 0 Å². The number of amides is 1. The molecule has 4 rings (SSSR count). The van der Waals surface area contributed by atoms with Crippen LogP contribution < -0.4 is 5.32 Å². The van der Waals surface area contributed by atoms with E-state index in [2.05, 4.69) is 20.4 Å². The molecule has 1 N–H and O–H groups in total. The summed E-state index contributed by atoms with van der Waals surface area (Å²) in [6.07, 6.45) is 6.68. The maximum atomic E-state index is 14.6. The summed E-state index contributed by atoms with van der Waals surface area (Å²) in [6, 6.07) is 11.5. The van der Waals surface area contributed by atoms with Gasteiger partial charge in [0.2, 0.25) is 0 Å². The SMILES string of the molecule is CC(C)(C)c1cc(NC(=O)c2ccc(-n3cccc3)c(F)c2)n(-c2ncccn2)n1. The van der Waals surface area contributed by atoms with Crippen LogP contribution in [0.3, 0.4) is 0 Å². The van der Waals surface area contributed by atoms with Crippen molar-refractivity contribution in [3.8, 4) is 11.6 Å². The monoisotopic (exact) mass is 404 g/mol. The molecule has 0 aliphatic carbocycles. The summed E-state index contributed by atoms with van der Waals surface area (Å²) in [5, 5.41) is 7.37. The van der Waals surface area contributed by atoms with Crippen molar-refractivity contribution in [2.75, 3.05) is 5.32 Å². The molecular weight excluding hydrogens is 383 g/mol. The van der Waals surface area contributed by atoms with Crippen LogP contribution >= 0.6 is 0 Å². The van der Waals surface area contributed by atoms with Gasteiger partial charge in [-0.25, -0.2) is 14.4 Å². The maximum Gasteiger partial charge on any atom is 0.256 e. The molecule has 0 saturated carbocycles. The molecule has 3 heterocycles. The summed E-state index contributed by atoms with van der Waals surface area (Å²) >= 11 is 0. The number of nitrogens with one attached hydrogen (secondary N) is 1.